The van der Waals surface area contributed by atoms with Crippen molar-refractivity contribution in [3.05, 3.63) is 33.9 Å². The molecule has 86 valence electrons. The van der Waals surface area contributed by atoms with Crippen LogP contribution in [0.1, 0.15) is 5.56 Å². The van der Waals surface area contributed by atoms with E-state index in [-0.39, 0.29) is 23.4 Å². The zero-order valence-electron chi connectivity index (χ0n) is 8.05. The number of alkyl halides is 1. The van der Waals surface area contributed by atoms with Gasteiger partial charge in [-0.3, -0.25) is 14.9 Å². The Kier molecular flexibility index (Phi) is 4.39. The van der Waals surface area contributed by atoms with E-state index in [4.69, 9.17) is 9.84 Å². The number of non-ortho nitro benzene ring substituents is 1. The summed E-state index contributed by atoms with van der Waals surface area (Å²) < 4.78 is 4.83. The van der Waals surface area contributed by atoms with Crippen molar-refractivity contribution < 1.29 is 19.6 Å². The van der Waals surface area contributed by atoms with E-state index < -0.39 is 10.9 Å². The highest BCUT2D eigenvalue weighted by atomic mass is 79.9. The van der Waals surface area contributed by atoms with Crippen molar-refractivity contribution in [1.29, 1.82) is 0 Å². The molecule has 1 aromatic carbocycles. The lowest BCUT2D eigenvalue weighted by molar-refractivity contribution is -0.384. The number of aliphatic hydroxyl groups excluding tert-OH is 1. The van der Waals surface area contributed by atoms with Crippen LogP contribution in [0.2, 0.25) is 0 Å². The van der Waals surface area contributed by atoms with E-state index in [1.165, 1.54) is 12.1 Å². The largest absolute Gasteiger partial charge is 0.425 e. The van der Waals surface area contributed by atoms with Gasteiger partial charge >= 0.3 is 5.97 Å². The van der Waals surface area contributed by atoms with Gasteiger partial charge in [-0.05, 0) is 6.07 Å². The van der Waals surface area contributed by atoms with Crippen molar-refractivity contribution in [2.75, 3.05) is 5.33 Å². The molecule has 0 heterocycles. The van der Waals surface area contributed by atoms with Crippen LogP contribution in [0.3, 0.4) is 0 Å². The summed E-state index contributed by atoms with van der Waals surface area (Å²) in [6, 6.07) is 3.68. The third-order valence-electron chi connectivity index (χ3n) is 1.76. The van der Waals surface area contributed by atoms with E-state index in [0.717, 1.165) is 6.07 Å². The molecule has 0 aliphatic heterocycles. The number of nitro groups is 1. The number of benzene rings is 1. The number of halogens is 1. The van der Waals surface area contributed by atoms with Crippen molar-refractivity contribution in [2.45, 2.75) is 6.61 Å². The summed E-state index contributed by atoms with van der Waals surface area (Å²) in [5, 5.41) is 19.4. The summed E-state index contributed by atoms with van der Waals surface area (Å²) >= 11 is 2.90. The van der Waals surface area contributed by atoms with Gasteiger partial charge in [0.1, 0.15) is 11.1 Å². The first-order valence-electron chi connectivity index (χ1n) is 4.23. The average molecular weight is 290 g/mol. The number of rotatable bonds is 4. The van der Waals surface area contributed by atoms with Gasteiger partial charge in [0.2, 0.25) is 0 Å². The second-order valence-electron chi connectivity index (χ2n) is 2.81. The van der Waals surface area contributed by atoms with Crippen LogP contribution in [0.15, 0.2) is 18.2 Å². The number of carbonyl (C=O) groups is 1. The second kappa shape index (κ2) is 5.57. The summed E-state index contributed by atoms with van der Waals surface area (Å²) in [5.41, 5.74) is 0.120. The number of hydrogen-bond donors (Lipinski definition) is 1. The SMILES string of the molecule is O=C(CBr)Oc1cc([N+](=O)[O-])ccc1CO. The Hall–Kier alpha value is -1.47. The number of esters is 1. The zero-order valence-corrected chi connectivity index (χ0v) is 9.64. The predicted molar refractivity (Wildman–Crippen MR) is 58.4 cm³/mol. The Morgan fingerprint density at radius 1 is 1.56 bits per heavy atom. The molecule has 0 radical (unpaired) electrons. The Labute approximate surface area is 99.1 Å². The quantitative estimate of drug-likeness (QED) is 0.297. The fourth-order valence-corrected chi connectivity index (χ4v) is 1.15. The van der Waals surface area contributed by atoms with Gasteiger partial charge < -0.3 is 9.84 Å². The molecule has 6 nitrogen and oxygen atoms in total. The first-order valence-corrected chi connectivity index (χ1v) is 5.35. The van der Waals surface area contributed by atoms with Crippen molar-refractivity contribution >= 4 is 27.6 Å². The minimum Gasteiger partial charge on any atom is -0.425 e. The molecule has 0 unspecified atom stereocenters. The molecule has 16 heavy (non-hydrogen) atoms. The highest BCUT2D eigenvalue weighted by molar-refractivity contribution is 9.09. The van der Waals surface area contributed by atoms with Gasteiger partial charge in [-0.1, -0.05) is 15.9 Å². The van der Waals surface area contributed by atoms with E-state index in [2.05, 4.69) is 15.9 Å². The zero-order chi connectivity index (χ0) is 12.1. The summed E-state index contributed by atoms with van der Waals surface area (Å²) in [4.78, 5) is 20.9. The molecule has 0 amide bonds. The fraction of sp³-hybridized carbons (Fsp3) is 0.222. The van der Waals surface area contributed by atoms with E-state index >= 15 is 0 Å². The number of aliphatic hydroxyl groups is 1. The van der Waals surface area contributed by atoms with Crippen LogP contribution in [-0.4, -0.2) is 21.3 Å². The highest BCUT2D eigenvalue weighted by Crippen LogP contribution is 2.25. The molecule has 1 rings (SSSR count). The second-order valence-corrected chi connectivity index (χ2v) is 3.38. The number of ether oxygens (including phenoxy) is 1. The van der Waals surface area contributed by atoms with Crippen LogP contribution in [0.25, 0.3) is 0 Å². The van der Waals surface area contributed by atoms with E-state index in [0.29, 0.717) is 5.56 Å². The Balaban J connectivity index is 3.06. The summed E-state index contributed by atoms with van der Waals surface area (Å²) in [5.74, 6) is -0.587. The topological polar surface area (TPSA) is 89.7 Å². The maximum atomic E-state index is 11.0. The third kappa shape index (κ3) is 3.01. The van der Waals surface area contributed by atoms with E-state index in [1.54, 1.807) is 0 Å². The molecular weight excluding hydrogens is 282 g/mol. The third-order valence-corrected chi connectivity index (χ3v) is 2.22. The lowest BCUT2D eigenvalue weighted by Crippen LogP contribution is -2.10. The number of nitro benzene ring substituents is 1. The maximum absolute atomic E-state index is 11.0. The van der Waals surface area contributed by atoms with Crippen LogP contribution in [-0.2, 0) is 11.4 Å². The van der Waals surface area contributed by atoms with Crippen LogP contribution in [0.5, 0.6) is 5.75 Å². The molecule has 0 aromatic heterocycles. The van der Waals surface area contributed by atoms with E-state index in [9.17, 15) is 14.9 Å². The van der Waals surface area contributed by atoms with E-state index in [1.807, 2.05) is 0 Å². The van der Waals surface area contributed by atoms with Crippen molar-refractivity contribution in [2.24, 2.45) is 0 Å². The van der Waals surface area contributed by atoms with Gasteiger partial charge in [-0.25, -0.2) is 0 Å². The molecule has 0 aliphatic carbocycles. The molecule has 0 atom stereocenters. The molecule has 0 fully saturated rings. The van der Waals surface area contributed by atoms with Crippen LogP contribution < -0.4 is 4.74 Å². The normalized spacial score (nSPS) is 9.88. The maximum Gasteiger partial charge on any atom is 0.321 e. The first-order chi connectivity index (χ1) is 7.58. The van der Waals surface area contributed by atoms with Gasteiger partial charge in [0.15, 0.2) is 0 Å². The van der Waals surface area contributed by atoms with Gasteiger partial charge in [-0.15, -0.1) is 0 Å². The highest BCUT2D eigenvalue weighted by Gasteiger charge is 2.13. The lowest BCUT2D eigenvalue weighted by atomic mass is 10.2. The van der Waals surface area contributed by atoms with Gasteiger partial charge in [0.25, 0.3) is 5.69 Å². The first kappa shape index (κ1) is 12.6. The number of carbonyl (C=O) groups excluding carboxylic acids is 1. The Morgan fingerprint density at radius 2 is 2.25 bits per heavy atom. The summed E-state index contributed by atoms with van der Waals surface area (Å²) in [6.45, 7) is -0.358. The Morgan fingerprint density at radius 3 is 2.75 bits per heavy atom. The molecule has 7 heteroatoms. The smallest absolute Gasteiger partial charge is 0.321 e. The Bertz CT molecular complexity index is 420. The molecular formula is C9H8BrNO5. The molecule has 0 saturated carbocycles. The van der Waals surface area contributed by atoms with Crippen molar-refractivity contribution in [3.63, 3.8) is 0 Å². The molecule has 1 aromatic rings. The van der Waals surface area contributed by atoms with Gasteiger partial charge in [0.05, 0.1) is 17.6 Å². The predicted octanol–water partition coefficient (Wildman–Crippen LogP) is 1.39. The van der Waals surface area contributed by atoms with Crippen molar-refractivity contribution in [3.8, 4) is 5.75 Å². The number of nitrogens with zero attached hydrogens (tertiary/aromatic N) is 1. The molecule has 0 saturated heterocycles. The summed E-state index contributed by atoms with van der Waals surface area (Å²) in [7, 11) is 0. The minimum absolute atomic E-state index is 0.00106. The van der Waals surface area contributed by atoms with Gasteiger partial charge in [-0.2, -0.15) is 0 Å². The molecule has 0 aliphatic rings. The molecule has 0 bridgehead atoms. The standard InChI is InChI=1S/C9H8BrNO5/c10-4-9(13)16-8-3-7(11(14)15)2-1-6(8)5-12/h1-3,12H,4-5H2. The summed E-state index contributed by atoms with van der Waals surface area (Å²) in [6.07, 6.45) is 0. The molecule has 1 N–H and O–H groups in total. The molecule has 0 spiro atoms. The number of hydrogen-bond acceptors (Lipinski definition) is 5. The average Bonchev–Trinajstić information content (AvgIpc) is 2.28. The van der Waals surface area contributed by atoms with Crippen LogP contribution in [0.4, 0.5) is 5.69 Å². The monoisotopic (exact) mass is 289 g/mol. The fourth-order valence-electron chi connectivity index (χ4n) is 1.03. The van der Waals surface area contributed by atoms with Crippen LogP contribution in [0, 0.1) is 10.1 Å². The van der Waals surface area contributed by atoms with Gasteiger partial charge in [0, 0.05) is 11.6 Å². The minimum atomic E-state index is -0.605. The van der Waals surface area contributed by atoms with Crippen molar-refractivity contribution in [1.82, 2.24) is 0 Å². The van der Waals surface area contributed by atoms with Crippen LogP contribution >= 0.6 is 15.9 Å². The lowest BCUT2D eigenvalue weighted by Gasteiger charge is -2.06.